The number of imidazole rings is 1. The van der Waals surface area contributed by atoms with Gasteiger partial charge in [-0.25, -0.2) is 15.0 Å². The van der Waals surface area contributed by atoms with Gasteiger partial charge in [0.1, 0.15) is 18.7 Å². The van der Waals surface area contributed by atoms with Gasteiger partial charge in [-0.15, -0.1) is 0 Å². The number of ether oxygens (including phenoxy) is 1. The van der Waals surface area contributed by atoms with Gasteiger partial charge >= 0.3 is 0 Å². The fourth-order valence-corrected chi connectivity index (χ4v) is 2.81. The highest BCUT2D eigenvalue weighted by Gasteiger charge is 2.35. The predicted octanol–water partition coefficient (Wildman–Crippen LogP) is 0.719. The van der Waals surface area contributed by atoms with Gasteiger partial charge in [0.25, 0.3) is 5.91 Å². The quantitative estimate of drug-likeness (QED) is 0.629. The summed E-state index contributed by atoms with van der Waals surface area (Å²) in [4.78, 5) is 24.9. The van der Waals surface area contributed by atoms with E-state index < -0.39 is 31.4 Å². The lowest BCUT2D eigenvalue weighted by molar-refractivity contribution is -0.0432. The number of aromatic nitrogens is 4. The molecule has 1 aliphatic rings. The molecule has 3 aromatic rings. The van der Waals surface area contributed by atoms with Crippen LogP contribution in [0.5, 0.6) is 0 Å². The van der Waals surface area contributed by atoms with Crippen LogP contribution in [0.1, 0.15) is 24.4 Å². The van der Waals surface area contributed by atoms with Crippen molar-refractivity contribution >= 4 is 22.9 Å². The van der Waals surface area contributed by atoms with Crippen LogP contribution < -0.4 is 5.32 Å². The summed E-state index contributed by atoms with van der Waals surface area (Å²) in [6.07, 6.45) is -1.18. The largest absolute Gasteiger partial charge is 0.394 e. The number of nitrogens with one attached hydrogen (secondary N) is 1. The van der Waals surface area contributed by atoms with Crippen molar-refractivity contribution in [1.29, 1.82) is 0 Å². The zero-order chi connectivity index (χ0) is 19.0. The first-order valence-electron chi connectivity index (χ1n) is 8.58. The Bertz CT molecular complexity index is 966. The summed E-state index contributed by atoms with van der Waals surface area (Å²) in [7, 11) is 0. The zero-order valence-electron chi connectivity index (χ0n) is 14.6. The SMILES string of the molecule is [2H]C1[C@H](n2cnc3c(NC(=O)c4ccccc4)ncnc32)O[C@H](CO)[C@H]1O. The highest BCUT2D eigenvalue weighted by Crippen LogP contribution is 2.31. The van der Waals surface area contributed by atoms with Crippen LogP contribution in [0.15, 0.2) is 43.0 Å². The molecule has 0 spiro atoms. The molecule has 4 rings (SSSR count). The van der Waals surface area contributed by atoms with Crippen molar-refractivity contribution in [3.63, 3.8) is 0 Å². The molecule has 1 unspecified atom stereocenters. The molecule has 1 aliphatic heterocycles. The van der Waals surface area contributed by atoms with Gasteiger partial charge in [0, 0.05) is 13.3 Å². The van der Waals surface area contributed by atoms with Gasteiger partial charge in [0.15, 0.2) is 17.0 Å². The molecular weight excluding hydrogens is 338 g/mol. The van der Waals surface area contributed by atoms with E-state index in [1.54, 1.807) is 24.3 Å². The highest BCUT2D eigenvalue weighted by atomic mass is 16.5. The molecule has 1 amide bonds. The number of fused-ring (bicyclic) bond motifs is 1. The van der Waals surface area contributed by atoms with Crippen molar-refractivity contribution in [2.75, 3.05) is 11.9 Å². The summed E-state index contributed by atoms with van der Waals surface area (Å²) in [6.45, 7) is -0.396. The van der Waals surface area contributed by atoms with Crippen LogP contribution in [0.25, 0.3) is 11.2 Å². The molecule has 134 valence electrons. The fraction of sp³-hybridized carbons (Fsp3) is 0.294. The van der Waals surface area contributed by atoms with E-state index in [-0.39, 0.29) is 11.7 Å². The molecule has 1 fully saturated rings. The molecular formula is C17H17N5O4. The fourth-order valence-electron chi connectivity index (χ4n) is 2.81. The Morgan fingerprint density at radius 1 is 1.35 bits per heavy atom. The van der Waals surface area contributed by atoms with Gasteiger partial charge in [-0.1, -0.05) is 18.2 Å². The summed E-state index contributed by atoms with van der Waals surface area (Å²) in [5.41, 5.74) is 1.16. The molecule has 3 N–H and O–H groups in total. The Balaban J connectivity index is 1.65. The molecule has 2 aromatic heterocycles. The van der Waals surface area contributed by atoms with Crippen molar-refractivity contribution < 1.29 is 21.1 Å². The van der Waals surface area contributed by atoms with Crippen molar-refractivity contribution in [3.05, 3.63) is 48.5 Å². The van der Waals surface area contributed by atoms with Crippen LogP contribution in [-0.2, 0) is 4.74 Å². The monoisotopic (exact) mass is 356 g/mol. The maximum absolute atomic E-state index is 12.4. The van der Waals surface area contributed by atoms with Crippen LogP contribution >= 0.6 is 0 Å². The Kier molecular flexibility index (Phi) is 4.02. The zero-order valence-corrected chi connectivity index (χ0v) is 13.6. The molecule has 0 saturated carbocycles. The van der Waals surface area contributed by atoms with Crippen molar-refractivity contribution in [2.45, 2.75) is 24.8 Å². The Labute approximate surface area is 149 Å². The smallest absolute Gasteiger partial charge is 0.256 e. The number of nitrogens with zero attached hydrogens (tertiary/aromatic N) is 4. The summed E-state index contributed by atoms with van der Waals surface area (Å²) in [6, 6.07) is 8.69. The van der Waals surface area contributed by atoms with Crippen LogP contribution in [-0.4, -0.2) is 54.5 Å². The summed E-state index contributed by atoms with van der Waals surface area (Å²) in [5.74, 6) is -0.109. The minimum Gasteiger partial charge on any atom is -0.394 e. The van der Waals surface area contributed by atoms with Crippen LogP contribution in [0.3, 0.4) is 0 Å². The maximum Gasteiger partial charge on any atom is 0.256 e. The molecule has 0 aliphatic carbocycles. The predicted molar refractivity (Wildman–Crippen MR) is 91.3 cm³/mol. The lowest BCUT2D eigenvalue weighted by Gasteiger charge is -2.13. The molecule has 0 radical (unpaired) electrons. The van der Waals surface area contributed by atoms with Crippen molar-refractivity contribution in [2.24, 2.45) is 0 Å². The first-order valence-corrected chi connectivity index (χ1v) is 8.00. The number of amides is 1. The molecule has 26 heavy (non-hydrogen) atoms. The van der Waals surface area contributed by atoms with Gasteiger partial charge < -0.3 is 20.3 Å². The van der Waals surface area contributed by atoms with Crippen molar-refractivity contribution in [1.82, 2.24) is 19.5 Å². The van der Waals surface area contributed by atoms with E-state index in [1.165, 1.54) is 17.2 Å². The minimum absolute atomic E-state index is 0.228. The minimum atomic E-state index is -1.13. The number of carbonyl (C=O) groups excluding carboxylic acids is 1. The molecule has 9 nitrogen and oxygen atoms in total. The van der Waals surface area contributed by atoms with Gasteiger partial charge in [-0.3, -0.25) is 9.36 Å². The van der Waals surface area contributed by atoms with E-state index in [0.29, 0.717) is 16.7 Å². The van der Waals surface area contributed by atoms with Crippen LogP contribution in [0.4, 0.5) is 5.82 Å². The average Bonchev–Trinajstić information content (AvgIpc) is 3.25. The molecule has 9 heteroatoms. The van der Waals surface area contributed by atoms with Gasteiger partial charge in [-0.05, 0) is 12.1 Å². The summed E-state index contributed by atoms with van der Waals surface area (Å²) < 4.78 is 15.2. The molecule has 0 bridgehead atoms. The van der Waals surface area contributed by atoms with E-state index in [1.807, 2.05) is 6.07 Å². The number of anilines is 1. The standard InChI is InChI=1S/C17H17N5O4/c23-7-12-11(24)6-13(26-12)22-9-20-14-15(18-8-19-16(14)22)21-17(25)10-4-2-1-3-5-10/h1-5,8-9,11-13,23-24H,6-7H2,(H,18,19,21,25)/t11-,12+,13+/m0/s1/i6D/t6?,11-,12+,13+. The third kappa shape index (κ3) is 2.92. The topological polar surface area (TPSA) is 122 Å². The highest BCUT2D eigenvalue weighted by molar-refractivity contribution is 6.06. The molecule has 3 heterocycles. The van der Waals surface area contributed by atoms with Crippen molar-refractivity contribution in [3.8, 4) is 0 Å². The second kappa shape index (κ2) is 6.79. The number of aliphatic hydroxyl groups excluding tert-OH is 2. The third-order valence-corrected chi connectivity index (χ3v) is 4.14. The van der Waals surface area contributed by atoms with E-state index in [2.05, 4.69) is 20.3 Å². The molecule has 4 atom stereocenters. The lowest BCUT2D eigenvalue weighted by atomic mass is 10.2. The number of hydrogen-bond acceptors (Lipinski definition) is 7. The molecule has 1 saturated heterocycles. The number of hydrogen-bond donors (Lipinski definition) is 3. The summed E-state index contributed by atoms with van der Waals surface area (Å²) in [5, 5.41) is 22.0. The van der Waals surface area contributed by atoms with E-state index >= 15 is 0 Å². The van der Waals surface area contributed by atoms with Gasteiger partial charge in [-0.2, -0.15) is 0 Å². The van der Waals surface area contributed by atoms with Crippen LogP contribution in [0, 0.1) is 0 Å². The number of carbonyl (C=O) groups is 1. The third-order valence-electron chi connectivity index (χ3n) is 4.14. The van der Waals surface area contributed by atoms with E-state index in [9.17, 15) is 15.0 Å². The van der Waals surface area contributed by atoms with Gasteiger partial charge in [0.2, 0.25) is 0 Å². The van der Waals surface area contributed by atoms with Gasteiger partial charge in [0.05, 0.1) is 19.0 Å². The summed E-state index contributed by atoms with van der Waals surface area (Å²) >= 11 is 0. The first kappa shape index (κ1) is 15.4. The Morgan fingerprint density at radius 3 is 2.88 bits per heavy atom. The molecule has 1 aromatic carbocycles. The Morgan fingerprint density at radius 2 is 2.15 bits per heavy atom. The first-order chi connectivity index (χ1) is 13.1. The Hall–Kier alpha value is -2.88. The second-order valence-corrected chi connectivity index (χ2v) is 5.80. The number of rotatable bonds is 4. The van der Waals surface area contributed by atoms with Crippen LogP contribution in [0.2, 0.25) is 0 Å². The van der Waals surface area contributed by atoms with E-state index in [0.717, 1.165) is 0 Å². The normalized spacial score (nSPS) is 26.0. The average molecular weight is 356 g/mol. The second-order valence-electron chi connectivity index (χ2n) is 5.80. The lowest BCUT2D eigenvalue weighted by Crippen LogP contribution is -2.24. The number of benzene rings is 1. The maximum atomic E-state index is 12.4. The number of aliphatic hydroxyl groups is 2. The van der Waals surface area contributed by atoms with E-state index in [4.69, 9.17) is 6.11 Å².